The second-order valence-corrected chi connectivity index (χ2v) is 5.79. The second-order valence-electron chi connectivity index (χ2n) is 4.87. The Labute approximate surface area is 127 Å². The molecule has 0 radical (unpaired) electrons. The monoisotopic (exact) mass is 344 g/mol. The topological polar surface area (TPSA) is 70.6 Å². The quantitative estimate of drug-likeness (QED) is 0.742. The van der Waals surface area contributed by atoms with Crippen molar-refractivity contribution in [3.05, 3.63) is 22.7 Å². The van der Waals surface area contributed by atoms with Crippen molar-refractivity contribution < 1.29 is 14.6 Å². The Kier molecular flexibility index (Phi) is 6.81. The summed E-state index contributed by atoms with van der Waals surface area (Å²) in [5.74, 6) is 0.811. The van der Waals surface area contributed by atoms with Crippen LogP contribution in [0.15, 0.2) is 22.7 Å². The van der Waals surface area contributed by atoms with E-state index in [1.807, 2.05) is 13.0 Å². The van der Waals surface area contributed by atoms with Gasteiger partial charge in [0.2, 0.25) is 0 Å². The average molecular weight is 345 g/mol. The van der Waals surface area contributed by atoms with E-state index in [0.29, 0.717) is 24.4 Å². The summed E-state index contributed by atoms with van der Waals surface area (Å²) in [6, 6.07) is 5.10. The summed E-state index contributed by atoms with van der Waals surface area (Å²) in [4.78, 5) is 11.8. The summed E-state index contributed by atoms with van der Waals surface area (Å²) < 4.78 is 6.04. The number of aliphatic hydroxyl groups is 1. The van der Waals surface area contributed by atoms with E-state index >= 15 is 0 Å². The van der Waals surface area contributed by atoms with Crippen LogP contribution in [0.4, 0.5) is 10.5 Å². The third kappa shape index (κ3) is 5.79. The molecule has 0 fully saturated rings. The molecule has 5 nitrogen and oxygen atoms in total. The fraction of sp³-hybridized carbons (Fsp3) is 0.500. The highest BCUT2D eigenvalue weighted by atomic mass is 79.9. The number of urea groups is 1. The predicted octanol–water partition coefficient (Wildman–Crippen LogP) is 2.99. The number of nitrogens with one attached hydrogen (secondary N) is 2. The van der Waals surface area contributed by atoms with E-state index in [1.165, 1.54) is 0 Å². The second kappa shape index (κ2) is 8.11. The minimum atomic E-state index is -0.361. The van der Waals surface area contributed by atoms with Crippen molar-refractivity contribution in [2.75, 3.05) is 19.0 Å². The molecule has 0 aliphatic rings. The van der Waals surface area contributed by atoms with E-state index in [0.717, 1.165) is 4.47 Å². The number of carbonyl (C=O) groups excluding carboxylic acids is 1. The van der Waals surface area contributed by atoms with Crippen LogP contribution in [0.3, 0.4) is 0 Å². The first kappa shape index (κ1) is 16.8. The molecule has 0 aliphatic heterocycles. The lowest BCUT2D eigenvalue weighted by Gasteiger charge is -2.15. The molecule has 6 heteroatoms. The SMILES string of the molecule is COc1ccc(Br)cc1NC(=O)NC[C@@H](C)C[C@H](C)O. The molecule has 0 aliphatic carbocycles. The van der Waals surface area contributed by atoms with E-state index in [-0.39, 0.29) is 18.1 Å². The molecule has 112 valence electrons. The Morgan fingerprint density at radius 3 is 2.75 bits per heavy atom. The number of aliphatic hydroxyl groups excluding tert-OH is 1. The maximum atomic E-state index is 11.8. The molecule has 1 rings (SSSR count). The van der Waals surface area contributed by atoms with Crippen LogP contribution in [0.2, 0.25) is 0 Å². The van der Waals surface area contributed by atoms with E-state index in [9.17, 15) is 9.90 Å². The van der Waals surface area contributed by atoms with Gasteiger partial charge in [-0.1, -0.05) is 22.9 Å². The molecule has 20 heavy (non-hydrogen) atoms. The minimum absolute atomic E-state index is 0.213. The minimum Gasteiger partial charge on any atom is -0.495 e. The molecule has 0 unspecified atom stereocenters. The third-order valence-electron chi connectivity index (χ3n) is 2.76. The highest BCUT2D eigenvalue weighted by Crippen LogP contribution is 2.27. The number of hydrogen-bond donors (Lipinski definition) is 3. The molecular weight excluding hydrogens is 324 g/mol. The van der Waals surface area contributed by atoms with Crippen LogP contribution in [-0.2, 0) is 0 Å². The van der Waals surface area contributed by atoms with Crippen LogP contribution in [0.25, 0.3) is 0 Å². The van der Waals surface area contributed by atoms with Crippen LogP contribution in [-0.4, -0.2) is 30.9 Å². The van der Waals surface area contributed by atoms with Crippen LogP contribution >= 0.6 is 15.9 Å². The molecular formula is C14H21BrN2O3. The summed E-state index contributed by atoms with van der Waals surface area (Å²) in [6.07, 6.45) is 0.292. The van der Waals surface area contributed by atoms with Crippen molar-refractivity contribution in [1.29, 1.82) is 0 Å². The van der Waals surface area contributed by atoms with E-state index < -0.39 is 0 Å². The number of ether oxygens (including phenoxy) is 1. The Morgan fingerprint density at radius 1 is 1.45 bits per heavy atom. The first-order valence-electron chi connectivity index (χ1n) is 6.48. The molecule has 0 heterocycles. The van der Waals surface area contributed by atoms with E-state index in [4.69, 9.17) is 4.74 Å². The van der Waals surface area contributed by atoms with E-state index in [2.05, 4.69) is 26.6 Å². The highest BCUT2D eigenvalue weighted by molar-refractivity contribution is 9.10. The van der Waals surface area contributed by atoms with Gasteiger partial charge < -0.3 is 20.5 Å². The van der Waals surface area contributed by atoms with Crippen molar-refractivity contribution >= 4 is 27.6 Å². The molecule has 1 aromatic carbocycles. The van der Waals surface area contributed by atoms with Crippen LogP contribution < -0.4 is 15.4 Å². The molecule has 0 saturated carbocycles. The van der Waals surface area contributed by atoms with Gasteiger partial charge >= 0.3 is 6.03 Å². The number of carbonyl (C=O) groups is 1. The summed E-state index contributed by atoms with van der Waals surface area (Å²) in [5, 5.41) is 14.8. The standard InChI is InChI=1S/C14H21BrN2O3/c1-9(6-10(2)18)8-16-14(19)17-12-7-11(15)4-5-13(12)20-3/h4-5,7,9-10,18H,6,8H2,1-3H3,(H2,16,17,19)/t9-,10-/m0/s1. The number of rotatable bonds is 6. The molecule has 0 bridgehead atoms. The Bertz CT molecular complexity index is 452. The molecule has 0 spiro atoms. The fourth-order valence-corrected chi connectivity index (χ4v) is 2.24. The Morgan fingerprint density at radius 2 is 2.15 bits per heavy atom. The summed E-state index contributed by atoms with van der Waals surface area (Å²) in [6.45, 7) is 4.22. The normalized spacial score (nSPS) is 13.4. The molecule has 1 aromatic rings. The van der Waals surface area contributed by atoms with Crippen LogP contribution in [0.1, 0.15) is 20.3 Å². The highest BCUT2D eigenvalue weighted by Gasteiger charge is 2.10. The molecule has 2 atom stereocenters. The molecule has 0 saturated heterocycles. The lowest BCUT2D eigenvalue weighted by atomic mass is 10.1. The van der Waals surface area contributed by atoms with Crippen molar-refractivity contribution in [2.45, 2.75) is 26.4 Å². The molecule has 0 aromatic heterocycles. The van der Waals surface area contributed by atoms with Gasteiger partial charge in [0.15, 0.2) is 0 Å². The van der Waals surface area contributed by atoms with Crippen LogP contribution in [0.5, 0.6) is 5.75 Å². The smallest absolute Gasteiger partial charge is 0.319 e. The zero-order valence-corrected chi connectivity index (χ0v) is 13.5. The average Bonchev–Trinajstić information content (AvgIpc) is 2.36. The lowest BCUT2D eigenvalue weighted by molar-refractivity contribution is 0.163. The van der Waals surface area contributed by atoms with Gasteiger partial charge in [-0.2, -0.15) is 0 Å². The van der Waals surface area contributed by atoms with Crippen molar-refractivity contribution in [3.8, 4) is 5.75 Å². The number of methoxy groups -OCH3 is 1. The lowest BCUT2D eigenvalue weighted by Crippen LogP contribution is -2.33. The van der Waals surface area contributed by atoms with Crippen molar-refractivity contribution in [1.82, 2.24) is 5.32 Å². The van der Waals surface area contributed by atoms with Crippen molar-refractivity contribution in [3.63, 3.8) is 0 Å². The van der Waals surface area contributed by atoms with Gasteiger partial charge in [-0.25, -0.2) is 4.79 Å². The van der Waals surface area contributed by atoms with Gasteiger partial charge in [0.1, 0.15) is 5.75 Å². The van der Waals surface area contributed by atoms with Crippen molar-refractivity contribution in [2.24, 2.45) is 5.92 Å². The number of amides is 2. The number of anilines is 1. The molecule has 2 amide bonds. The van der Waals surface area contributed by atoms with Gasteiger partial charge in [-0.3, -0.25) is 0 Å². The first-order chi connectivity index (χ1) is 9.42. The first-order valence-corrected chi connectivity index (χ1v) is 7.28. The summed E-state index contributed by atoms with van der Waals surface area (Å²) in [5.41, 5.74) is 0.600. The van der Waals surface area contributed by atoms with Gasteiger partial charge in [0.05, 0.1) is 18.9 Å². The van der Waals surface area contributed by atoms with Gasteiger partial charge in [0, 0.05) is 11.0 Å². The van der Waals surface area contributed by atoms with Crippen LogP contribution in [0, 0.1) is 5.92 Å². The summed E-state index contributed by atoms with van der Waals surface area (Å²) >= 11 is 3.35. The van der Waals surface area contributed by atoms with E-state index in [1.54, 1.807) is 26.2 Å². The Balaban J connectivity index is 2.52. The maximum absolute atomic E-state index is 11.8. The number of halogens is 1. The largest absolute Gasteiger partial charge is 0.495 e. The predicted molar refractivity (Wildman–Crippen MR) is 83.2 cm³/mol. The molecule has 3 N–H and O–H groups in total. The zero-order valence-electron chi connectivity index (χ0n) is 11.9. The Hall–Kier alpha value is -1.27. The van der Waals surface area contributed by atoms with Gasteiger partial charge in [-0.15, -0.1) is 0 Å². The third-order valence-corrected chi connectivity index (χ3v) is 3.26. The van der Waals surface area contributed by atoms with Gasteiger partial charge in [0.25, 0.3) is 0 Å². The number of benzene rings is 1. The summed E-state index contributed by atoms with van der Waals surface area (Å²) in [7, 11) is 1.55. The van der Waals surface area contributed by atoms with Gasteiger partial charge in [-0.05, 0) is 37.5 Å². The number of hydrogen-bond acceptors (Lipinski definition) is 3. The zero-order chi connectivity index (χ0) is 15.1. The maximum Gasteiger partial charge on any atom is 0.319 e. The fourth-order valence-electron chi connectivity index (χ4n) is 1.88.